The first-order valence-corrected chi connectivity index (χ1v) is 14.2. The summed E-state index contributed by atoms with van der Waals surface area (Å²) < 4.78 is 0. The van der Waals surface area contributed by atoms with E-state index in [0.717, 1.165) is 41.4 Å². The quantitative estimate of drug-likeness (QED) is 0.384. The van der Waals surface area contributed by atoms with Crippen molar-refractivity contribution in [1.29, 1.82) is 0 Å². The third kappa shape index (κ3) is 4.21. The summed E-state index contributed by atoms with van der Waals surface area (Å²) in [6.07, 6.45) is 18.9. The highest BCUT2D eigenvalue weighted by Crippen LogP contribution is 2.68. The van der Waals surface area contributed by atoms with Gasteiger partial charge in [0.15, 0.2) is 0 Å². The van der Waals surface area contributed by atoms with Crippen LogP contribution in [0.2, 0.25) is 0 Å². The van der Waals surface area contributed by atoms with E-state index in [1.807, 2.05) is 5.57 Å². The van der Waals surface area contributed by atoms with E-state index in [4.69, 9.17) is 0 Å². The molecule has 0 aliphatic heterocycles. The lowest BCUT2D eigenvalue weighted by Crippen LogP contribution is -2.51. The predicted octanol–water partition coefficient (Wildman–Crippen LogP) is 9.69. The molecule has 0 radical (unpaired) electrons. The van der Waals surface area contributed by atoms with Gasteiger partial charge in [0.1, 0.15) is 0 Å². The largest absolute Gasteiger partial charge is 0.0845 e. The first-order chi connectivity index (χ1) is 14.5. The Labute approximate surface area is 195 Å². The van der Waals surface area contributed by atoms with E-state index in [-0.39, 0.29) is 0 Å². The molecular weight excluding hydrogens is 372 g/mol. The fourth-order valence-corrected chi connectivity index (χ4v) is 9.42. The lowest BCUT2D eigenvalue weighted by molar-refractivity contribution is -0.0559. The lowest BCUT2D eigenvalue weighted by Gasteiger charge is -2.59. The summed E-state index contributed by atoms with van der Waals surface area (Å²) >= 11 is 0. The first kappa shape index (κ1) is 23.9. The van der Waals surface area contributed by atoms with Crippen LogP contribution in [0.1, 0.15) is 126 Å². The third-order valence-electron chi connectivity index (χ3n) is 11.5. The molecule has 178 valence electrons. The summed E-state index contributed by atoms with van der Waals surface area (Å²) in [6.45, 7) is 20.2. The predicted molar refractivity (Wildman–Crippen MR) is 136 cm³/mol. The van der Waals surface area contributed by atoms with Crippen molar-refractivity contribution in [3.8, 4) is 0 Å². The van der Waals surface area contributed by atoms with Crippen LogP contribution < -0.4 is 0 Å². The molecule has 0 aromatic rings. The van der Waals surface area contributed by atoms with Crippen LogP contribution in [0.15, 0.2) is 11.6 Å². The highest BCUT2D eigenvalue weighted by atomic mass is 14.6. The molecule has 3 fully saturated rings. The van der Waals surface area contributed by atoms with Crippen LogP contribution >= 0.6 is 0 Å². The second-order valence-corrected chi connectivity index (χ2v) is 14.6. The molecule has 0 heterocycles. The van der Waals surface area contributed by atoms with Gasteiger partial charge in [-0.15, -0.1) is 0 Å². The Bertz CT molecular complexity index is 662. The topological polar surface area (TPSA) is 0 Å². The molecule has 0 N–H and O–H groups in total. The number of fused-ring (bicyclic) bond motifs is 5. The maximum Gasteiger partial charge on any atom is -0.00851 e. The minimum atomic E-state index is 0.467. The van der Waals surface area contributed by atoms with Gasteiger partial charge in [-0.25, -0.2) is 0 Å². The lowest BCUT2D eigenvalue weighted by atomic mass is 9.46. The molecule has 0 amide bonds. The molecule has 0 aromatic heterocycles. The fourth-order valence-electron chi connectivity index (χ4n) is 9.42. The summed E-state index contributed by atoms with van der Waals surface area (Å²) in [4.78, 5) is 0. The van der Waals surface area contributed by atoms with Crippen molar-refractivity contribution < 1.29 is 0 Å². The summed E-state index contributed by atoms with van der Waals surface area (Å²) in [5, 5.41) is 0. The number of hydrogen-bond acceptors (Lipinski definition) is 0. The van der Waals surface area contributed by atoms with Gasteiger partial charge in [-0.05, 0) is 109 Å². The molecule has 0 bridgehead atoms. The van der Waals surface area contributed by atoms with Crippen LogP contribution in [-0.4, -0.2) is 0 Å². The van der Waals surface area contributed by atoms with E-state index >= 15 is 0 Å². The highest BCUT2D eigenvalue weighted by Gasteiger charge is 2.59. The molecule has 31 heavy (non-hydrogen) atoms. The van der Waals surface area contributed by atoms with E-state index in [9.17, 15) is 0 Å². The van der Waals surface area contributed by atoms with Crippen molar-refractivity contribution in [2.75, 3.05) is 0 Å². The van der Waals surface area contributed by atoms with E-state index in [0.29, 0.717) is 16.2 Å². The summed E-state index contributed by atoms with van der Waals surface area (Å²) in [6, 6.07) is 0. The van der Waals surface area contributed by atoms with E-state index in [1.54, 1.807) is 0 Å². The molecular formula is C31H54. The van der Waals surface area contributed by atoms with Gasteiger partial charge in [-0.1, -0.05) is 86.3 Å². The van der Waals surface area contributed by atoms with Gasteiger partial charge in [0, 0.05) is 0 Å². The van der Waals surface area contributed by atoms with Crippen molar-refractivity contribution in [3.05, 3.63) is 11.6 Å². The molecule has 4 rings (SSSR count). The minimum absolute atomic E-state index is 0.467. The molecule has 0 heteroatoms. The average Bonchev–Trinajstić information content (AvgIpc) is 3.03. The van der Waals surface area contributed by atoms with Gasteiger partial charge < -0.3 is 0 Å². The molecule has 0 saturated heterocycles. The average molecular weight is 427 g/mol. The molecule has 0 aromatic carbocycles. The van der Waals surface area contributed by atoms with Gasteiger partial charge >= 0.3 is 0 Å². The zero-order chi connectivity index (χ0) is 22.6. The zero-order valence-corrected chi connectivity index (χ0v) is 22.4. The maximum absolute atomic E-state index is 2.78. The number of allylic oxidation sites excluding steroid dienone is 2. The van der Waals surface area contributed by atoms with Crippen LogP contribution in [0.5, 0.6) is 0 Å². The Hall–Kier alpha value is -0.260. The second kappa shape index (κ2) is 8.51. The first-order valence-electron chi connectivity index (χ1n) is 14.2. The third-order valence-corrected chi connectivity index (χ3v) is 11.5. The molecule has 8 unspecified atom stereocenters. The number of hydrogen-bond donors (Lipinski definition) is 0. The summed E-state index contributed by atoms with van der Waals surface area (Å²) in [7, 11) is 0. The molecule has 0 nitrogen and oxygen atoms in total. The Balaban J connectivity index is 1.49. The zero-order valence-electron chi connectivity index (χ0n) is 22.4. The molecule has 4 aliphatic rings. The normalized spacial score (nSPS) is 43.8. The SMILES string of the molecule is CC(C)CCCC(C)C1CCC2C3CC=C4CC(C(C)(C)C)CCC4(C)C3CCC12C. The van der Waals surface area contributed by atoms with Gasteiger partial charge in [0.05, 0.1) is 0 Å². The van der Waals surface area contributed by atoms with Crippen molar-refractivity contribution in [2.45, 2.75) is 126 Å². The second-order valence-electron chi connectivity index (χ2n) is 14.6. The Morgan fingerprint density at radius 3 is 2.35 bits per heavy atom. The minimum Gasteiger partial charge on any atom is -0.0845 e. The smallest absolute Gasteiger partial charge is 0.00851 e. The van der Waals surface area contributed by atoms with Crippen molar-refractivity contribution in [3.63, 3.8) is 0 Å². The Morgan fingerprint density at radius 1 is 0.935 bits per heavy atom. The molecule has 4 aliphatic carbocycles. The Morgan fingerprint density at radius 2 is 1.68 bits per heavy atom. The fraction of sp³-hybridized carbons (Fsp3) is 0.935. The molecule has 0 spiro atoms. The van der Waals surface area contributed by atoms with Crippen molar-refractivity contribution in [2.24, 2.45) is 57.7 Å². The standard InChI is InChI=1S/C31H54/c1-21(2)10-9-11-22(3)26-14-15-27-25-13-12-24-20-23(29(4,5)6)16-18-30(24,7)28(25)17-19-31(26,27)8/h12,21-23,25-28H,9-11,13-20H2,1-8H3. The van der Waals surface area contributed by atoms with Crippen LogP contribution in [-0.2, 0) is 0 Å². The van der Waals surface area contributed by atoms with Crippen LogP contribution in [0.25, 0.3) is 0 Å². The van der Waals surface area contributed by atoms with Crippen LogP contribution in [0.3, 0.4) is 0 Å². The molecule has 3 saturated carbocycles. The van der Waals surface area contributed by atoms with Crippen LogP contribution in [0.4, 0.5) is 0 Å². The van der Waals surface area contributed by atoms with Crippen molar-refractivity contribution in [1.82, 2.24) is 0 Å². The van der Waals surface area contributed by atoms with Gasteiger partial charge in [0.2, 0.25) is 0 Å². The van der Waals surface area contributed by atoms with E-state index < -0.39 is 0 Å². The summed E-state index contributed by atoms with van der Waals surface area (Å²) in [5.74, 6) is 6.62. The maximum atomic E-state index is 2.78. The van der Waals surface area contributed by atoms with Crippen LogP contribution in [0, 0.1) is 57.7 Å². The van der Waals surface area contributed by atoms with E-state index in [1.165, 1.54) is 70.6 Å². The van der Waals surface area contributed by atoms with Gasteiger partial charge in [-0.2, -0.15) is 0 Å². The van der Waals surface area contributed by atoms with E-state index in [2.05, 4.69) is 61.5 Å². The summed E-state index contributed by atoms with van der Waals surface area (Å²) in [5.41, 5.74) is 3.49. The van der Waals surface area contributed by atoms with Gasteiger partial charge in [-0.3, -0.25) is 0 Å². The molecule has 8 atom stereocenters. The van der Waals surface area contributed by atoms with Crippen molar-refractivity contribution >= 4 is 0 Å². The van der Waals surface area contributed by atoms with Gasteiger partial charge in [0.25, 0.3) is 0 Å². The number of rotatable bonds is 5. The Kier molecular flexibility index (Phi) is 6.55. The highest BCUT2D eigenvalue weighted by molar-refractivity contribution is 5.25. The monoisotopic (exact) mass is 426 g/mol.